The Morgan fingerprint density at radius 2 is 2.20 bits per heavy atom. The molecule has 0 bridgehead atoms. The number of hydrogen-bond acceptors (Lipinski definition) is 7. The molecule has 6 N–H and O–H groups in total. The Bertz CT molecular complexity index is 537. The summed E-state index contributed by atoms with van der Waals surface area (Å²) in [7, 11) is 0. The number of H-pyrrole nitrogens is 1. The number of fused-ring (bicyclic) bond motifs is 1. The van der Waals surface area contributed by atoms with Gasteiger partial charge in [-0.1, -0.05) is 0 Å². The standard InChI is InChI=1S/C5H5N5.C5H11NO2S.ClH/c6-4-3-5(9-1-7-3)10-2-8-4;1-9-3-2-4(6)5(7)8;/h1-2H,(H3,6,7,8,9,10);4H,2-3,6H2,1H3,(H,7,8);1H. The SMILES string of the molecule is CSCCC(N)C(=O)O.Cl.Nc1ncnc2nc[nH]c12. The van der Waals surface area contributed by atoms with Crippen LogP contribution in [0.2, 0.25) is 0 Å². The van der Waals surface area contributed by atoms with Crippen LogP contribution in [0.4, 0.5) is 5.82 Å². The second-order valence-corrected chi connectivity index (χ2v) is 4.57. The topological polar surface area (TPSA) is 144 Å². The molecule has 2 rings (SSSR count). The van der Waals surface area contributed by atoms with Gasteiger partial charge in [0.25, 0.3) is 0 Å². The number of nitrogens with two attached hydrogens (primary N) is 2. The van der Waals surface area contributed by atoms with Crippen LogP contribution in [-0.4, -0.2) is 49.1 Å². The molecular formula is C10H17ClN6O2S. The number of aromatic amines is 1. The smallest absolute Gasteiger partial charge is 0.320 e. The van der Waals surface area contributed by atoms with Gasteiger partial charge in [-0.05, 0) is 18.4 Å². The lowest BCUT2D eigenvalue weighted by Gasteiger charge is -2.02. The van der Waals surface area contributed by atoms with Crippen LogP contribution in [0, 0.1) is 0 Å². The van der Waals surface area contributed by atoms with Gasteiger partial charge in [0.05, 0.1) is 6.33 Å². The van der Waals surface area contributed by atoms with Crippen LogP contribution in [0.1, 0.15) is 6.42 Å². The van der Waals surface area contributed by atoms with E-state index in [0.717, 1.165) is 5.75 Å². The Balaban J connectivity index is 0.000000347. The predicted octanol–water partition coefficient (Wildman–Crippen LogP) is 0.508. The molecule has 2 heterocycles. The molecular weight excluding hydrogens is 304 g/mol. The van der Waals surface area contributed by atoms with Gasteiger partial charge < -0.3 is 21.6 Å². The van der Waals surface area contributed by atoms with Gasteiger partial charge in [0.2, 0.25) is 0 Å². The summed E-state index contributed by atoms with van der Waals surface area (Å²) in [5.74, 6) is 0.333. The molecule has 0 aliphatic rings. The molecule has 8 nitrogen and oxygen atoms in total. The van der Waals surface area contributed by atoms with Crippen molar-refractivity contribution < 1.29 is 9.90 Å². The Labute approximate surface area is 126 Å². The highest BCUT2D eigenvalue weighted by atomic mass is 35.5. The van der Waals surface area contributed by atoms with Crippen molar-refractivity contribution in [3.05, 3.63) is 12.7 Å². The number of nitrogen functional groups attached to an aromatic ring is 1. The van der Waals surface area contributed by atoms with E-state index >= 15 is 0 Å². The number of anilines is 1. The molecule has 1 unspecified atom stereocenters. The van der Waals surface area contributed by atoms with Crippen molar-refractivity contribution in [2.45, 2.75) is 12.5 Å². The first-order valence-electron chi connectivity index (χ1n) is 5.43. The average Bonchev–Trinajstić information content (AvgIpc) is 2.86. The average molecular weight is 321 g/mol. The second-order valence-electron chi connectivity index (χ2n) is 3.59. The van der Waals surface area contributed by atoms with Crippen LogP contribution in [0.3, 0.4) is 0 Å². The fourth-order valence-corrected chi connectivity index (χ4v) is 1.64. The number of aliphatic carboxylic acids is 1. The van der Waals surface area contributed by atoms with E-state index in [1.54, 1.807) is 11.8 Å². The maximum Gasteiger partial charge on any atom is 0.320 e. The third kappa shape index (κ3) is 5.59. The number of rotatable bonds is 4. The molecule has 0 saturated heterocycles. The third-order valence-corrected chi connectivity index (χ3v) is 2.85. The van der Waals surface area contributed by atoms with E-state index in [1.165, 1.54) is 12.7 Å². The largest absolute Gasteiger partial charge is 0.480 e. The number of halogens is 1. The molecule has 0 fully saturated rings. The van der Waals surface area contributed by atoms with E-state index in [9.17, 15) is 4.79 Å². The summed E-state index contributed by atoms with van der Waals surface area (Å²) in [6, 6.07) is -0.683. The Morgan fingerprint density at radius 1 is 1.50 bits per heavy atom. The summed E-state index contributed by atoms with van der Waals surface area (Å²) >= 11 is 1.60. The van der Waals surface area contributed by atoms with Gasteiger partial charge in [0.1, 0.15) is 17.9 Å². The van der Waals surface area contributed by atoms with Gasteiger partial charge in [0.15, 0.2) is 11.5 Å². The summed E-state index contributed by atoms with van der Waals surface area (Å²) in [6.45, 7) is 0. The lowest BCUT2D eigenvalue weighted by molar-refractivity contribution is -0.138. The summed E-state index contributed by atoms with van der Waals surface area (Å²) in [4.78, 5) is 24.4. The van der Waals surface area contributed by atoms with E-state index in [0.29, 0.717) is 23.4 Å². The number of imidazole rings is 1. The van der Waals surface area contributed by atoms with Gasteiger partial charge in [-0.25, -0.2) is 15.0 Å². The quantitative estimate of drug-likeness (QED) is 0.637. The van der Waals surface area contributed by atoms with Crippen molar-refractivity contribution in [1.29, 1.82) is 0 Å². The van der Waals surface area contributed by atoms with Crippen molar-refractivity contribution in [2.24, 2.45) is 5.73 Å². The van der Waals surface area contributed by atoms with Gasteiger partial charge in [0, 0.05) is 0 Å². The summed E-state index contributed by atoms with van der Waals surface area (Å²) < 4.78 is 0. The van der Waals surface area contributed by atoms with Crippen LogP contribution >= 0.6 is 24.2 Å². The number of aromatic nitrogens is 4. The monoisotopic (exact) mass is 320 g/mol. The lowest BCUT2D eigenvalue weighted by atomic mass is 10.2. The van der Waals surface area contributed by atoms with Gasteiger partial charge >= 0.3 is 5.97 Å². The molecule has 20 heavy (non-hydrogen) atoms. The highest BCUT2D eigenvalue weighted by Gasteiger charge is 2.08. The number of hydrogen-bond donors (Lipinski definition) is 4. The fourth-order valence-electron chi connectivity index (χ4n) is 1.15. The Kier molecular flexibility index (Phi) is 8.61. The number of nitrogens with zero attached hydrogens (tertiary/aromatic N) is 3. The number of carboxylic acids is 1. The molecule has 2 aromatic heterocycles. The van der Waals surface area contributed by atoms with Crippen LogP contribution < -0.4 is 11.5 Å². The van der Waals surface area contributed by atoms with E-state index in [1.807, 2.05) is 6.26 Å². The molecule has 0 amide bonds. The molecule has 1 atom stereocenters. The third-order valence-electron chi connectivity index (χ3n) is 2.20. The molecule has 0 spiro atoms. The van der Waals surface area contributed by atoms with Crippen LogP contribution in [0.25, 0.3) is 11.2 Å². The van der Waals surface area contributed by atoms with Crippen LogP contribution in [-0.2, 0) is 4.79 Å². The molecule has 0 saturated carbocycles. The minimum absolute atomic E-state index is 0. The van der Waals surface area contributed by atoms with Gasteiger partial charge in [-0.2, -0.15) is 11.8 Å². The fraction of sp³-hybridized carbons (Fsp3) is 0.400. The first kappa shape index (κ1) is 18.4. The van der Waals surface area contributed by atoms with Crippen molar-refractivity contribution >= 4 is 47.1 Å². The molecule has 0 radical (unpaired) electrons. The first-order chi connectivity index (χ1) is 9.06. The highest BCUT2D eigenvalue weighted by molar-refractivity contribution is 7.98. The summed E-state index contributed by atoms with van der Waals surface area (Å²) in [5, 5.41) is 8.27. The van der Waals surface area contributed by atoms with Gasteiger partial charge in [-0.15, -0.1) is 12.4 Å². The minimum Gasteiger partial charge on any atom is -0.480 e. The summed E-state index contributed by atoms with van der Waals surface area (Å²) in [5.41, 5.74) is 12.0. The van der Waals surface area contributed by atoms with E-state index in [-0.39, 0.29) is 12.4 Å². The molecule has 2 aromatic rings. The normalized spacial score (nSPS) is 11.1. The first-order valence-corrected chi connectivity index (χ1v) is 6.82. The zero-order chi connectivity index (χ0) is 14.3. The zero-order valence-corrected chi connectivity index (χ0v) is 12.4. The van der Waals surface area contributed by atoms with Crippen molar-refractivity contribution in [3.8, 4) is 0 Å². The van der Waals surface area contributed by atoms with Crippen LogP contribution in [0.5, 0.6) is 0 Å². The number of nitrogens with one attached hydrogen (secondary N) is 1. The maximum absolute atomic E-state index is 10.1. The number of thioether (sulfide) groups is 1. The van der Waals surface area contributed by atoms with Gasteiger partial charge in [-0.3, -0.25) is 4.79 Å². The zero-order valence-electron chi connectivity index (χ0n) is 10.8. The van der Waals surface area contributed by atoms with Crippen molar-refractivity contribution in [1.82, 2.24) is 19.9 Å². The van der Waals surface area contributed by atoms with Crippen molar-refractivity contribution in [3.63, 3.8) is 0 Å². The lowest BCUT2D eigenvalue weighted by Crippen LogP contribution is -2.30. The van der Waals surface area contributed by atoms with E-state index in [2.05, 4.69) is 19.9 Å². The molecule has 0 aliphatic heterocycles. The predicted molar refractivity (Wildman–Crippen MR) is 82.0 cm³/mol. The van der Waals surface area contributed by atoms with E-state index in [4.69, 9.17) is 16.6 Å². The molecule has 10 heteroatoms. The number of carboxylic acid groups (broad SMARTS) is 1. The number of carbonyl (C=O) groups is 1. The van der Waals surface area contributed by atoms with Crippen molar-refractivity contribution in [2.75, 3.05) is 17.7 Å². The minimum atomic E-state index is -0.913. The molecule has 112 valence electrons. The molecule has 0 aliphatic carbocycles. The Morgan fingerprint density at radius 3 is 2.75 bits per heavy atom. The molecule has 0 aromatic carbocycles. The summed E-state index contributed by atoms with van der Waals surface area (Å²) in [6.07, 6.45) is 5.40. The highest BCUT2D eigenvalue weighted by Crippen LogP contribution is 2.09. The second kappa shape index (κ2) is 9.34. The maximum atomic E-state index is 10.1. The van der Waals surface area contributed by atoms with Crippen LogP contribution in [0.15, 0.2) is 12.7 Å². The van der Waals surface area contributed by atoms with E-state index < -0.39 is 12.0 Å². The Hall–Kier alpha value is -1.58.